The summed E-state index contributed by atoms with van der Waals surface area (Å²) in [5.41, 5.74) is 6.35. The van der Waals surface area contributed by atoms with Gasteiger partial charge in [0.15, 0.2) is 5.82 Å². The van der Waals surface area contributed by atoms with Gasteiger partial charge in [-0.25, -0.2) is 13.1 Å². The third kappa shape index (κ3) is 3.58. The Morgan fingerprint density at radius 3 is 2.52 bits per heavy atom. The van der Waals surface area contributed by atoms with E-state index in [-0.39, 0.29) is 16.4 Å². The second-order valence-electron chi connectivity index (χ2n) is 5.10. The molecule has 128 valence electrons. The van der Waals surface area contributed by atoms with Crippen LogP contribution in [0, 0.1) is 10.1 Å². The molecule has 0 unspecified atom stereocenters. The summed E-state index contributed by atoms with van der Waals surface area (Å²) in [4.78, 5) is 10.4. The van der Waals surface area contributed by atoms with E-state index in [0.717, 1.165) is 0 Å². The Labute approximate surface area is 142 Å². The number of hydrogen-bond acceptors (Lipinski definition) is 6. The van der Waals surface area contributed by atoms with Crippen LogP contribution in [0.3, 0.4) is 0 Å². The molecule has 25 heavy (non-hydrogen) atoms. The van der Waals surface area contributed by atoms with E-state index in [1.54, 1.807) is 6.07 Å². The number of sulfonamides is 1. The Hall–Kier alpha value is -3.40. The number of non-ortho nitro benzene ring substituents is 1. The molecule has 10 heteroatoms. The molecule has 2 aromatic carbocycles. The van der Waals surface area contributed by atoms with Crippen molar-refractivity contribution in [1.29, 1.82) is 0 Å². The van der Waals surface area contributed by atoms with E-state index in [2.05, 4.69) is 9.82 Å². The zero-order valence-electron chi connectivity index (χ0n) is 12.7. The molecule has 1 aromatic heterocycles. The van der Waals surface area contributed by atoms with Gasteiger partial charge in [0.25, 0.3) is 15.7 Å². The number of hydrogen-bond donors (Lipinski definition) is 2. The molecule has 0 bridgehead atoms. The lowest BCUT2D eigenvalue weighted by atomic mass is 10.3. The minimum absolute atomic E-state index is 0.0478. The summed E-state index contributed by atoms with van der Waals surface area (Å²) in [6.45, 7) is 0. The Kier molecular flexibility index (Phi) is 4.11. The van der Waals surface area contributed by atoms with Gasteiger partial charge in [-0.15, -0.1) is 5.10 Å². The molecule has 3 rings (SSSR count). The molecule has 0 spiro atoms. The van der Waals surface area contributed by atoms with Crippen molar-refractivity contribution in [1.82, 2.24) is 9.78 Å². The molecule has 0 saturated carbocycles. The number of nitro groups is 1. The second-order valence-corrected chi connectivity index (χ2v) is 6.78. The number of nitro benzene ring substituents is 1. The molecule has 3 N–H and O–H groups in total. The third-order valence-corrected chi connectivity index (χ3v) is 4.69. The first-order chi connectivity index (χ1) is 11.8. The van der Waals surface area contributed by atoms with Crippen LogP contribution in [-0.4, -0.2) is 23.1 Å². The van der Waals surface area contributed by atoms with Gasteiger partial charge in [0.1, 0.15) is 0 Å². The van der Waals surface area contributed by atoms with Gasteiger partial charge in [-0.1, -0.05) is 6.07 Å². The van der Waals surface area contributed by atoms with Crippen molar-refractivity contribution < 1.29 is 13.3 Å². The first-order valence-electron chi connectivity index (χ1n) is 7.04. The van der Waals surface area contributed by atoms with Crippen LogP contribution in [0.25, 0.3) is 5.69 Å². The molecule has 0 atom stereocenters. The third-order valence-electron chi connectivity index (χ3n) is 3.32. The predicted octanol–water partition coefficient (Wildman–Crippen LogP) is 2.16. The molecule has 0 amide bonds. The number of nitrogens with two attached hydrogens (primary N) is 1. The maximum Gasteiger partial charge on any atom is 0.271 e. The number of benzene rings is 2. The summed E-state index contributed by atoms with van der Waals surface area (Å²) in [7, 11) is -3.81. The van der Waals surface area contributed by atoms with Crippen molar-refractivity contribution in [2.45, 2.75) is 4.90 Å². The van der Waals surface area contributed by atoms with Crippen LogP contribution in [0.15, 0.2) is 65.7 Å². The Morgan fingerprint density at radius 1 is 1.12 bits per heavy atom. The fraction of sp³-hybridized carbons (Fsp3) is 0. The van der Waals surface area contributed by atoms with Gasteiger partial charge >= 0.3 is 0 Å². The molecule has 1 heterocycles. The summed E-state index contributed by atoms with van der Waals surface area (Å²) in [6.07, 6.45) is 1.50. The fourth-order valence-electron chi connectivity index (χ4n) is 2.11. The minimum atomic E-state index is -3.81. The van der Waals surface area contributed by atoms with Crippen molar-refractivity contribution in [2.75, 3.05) is 10.5 Å². The van der Waals surface area contributed by atoms with E-state index in [4.69, 9.17) is 5.73 Å². The van der Waals surface area contributed by atoms with Gasteiger partial charge in [-0.2, -0.15) is 0 Å². The second kappa shape index (κ2) is 6.24. The highest BCUT2D eigenvalue weighted by Gasteiger charge is 2.16. The van der Waals surface area contributed by atoms with Crippen LogP contribution in [-0.2, 0) is 10.0 Å². The lowest BCUT2D eigenvalue weighted by Gasteiger charge is -2.06. The molecule has 0 aliphatic heterocycles. The average Bonchev–Trinajstić information content (AvgIpc) is 3.03. The van der Waals surface area contributed by atoms with Gasteiger partial charge in [0, 0.05) is 30.1 Å². The molecular formula is C15H13N5O4S. The number of nitrogens with zero attached hydrogens (tertiary/aromatic N) is 3. The average molecular weight is 359 g/mol. The maximum atomic E-state index is 12.3. The lowest BCUT2D eigenvalue weighted by molar-refractivity contribution is -0.384. The van der Waals surface area contributed by atoms with Gasteiger partial charge < -0.3 is 5.73 Å². The fourth-order valence-corrected chi connectivity index (χ4v) is 3.11. The number of nitrogen functional groups attached to an aromatic ring is 1. The Balaban J connectivity index is 1.85. The van der Waals surface area contributed by atoms with E-state index in [9.17, 15) is 18.5 Å². The zero-order chi connectivity index (χ0) is 18.0. The van der Waals surface area contributed by atoms with Crippen LogP contribution in [0.5, 0.6) is 0 Å². The molecule has 0 radical (unpaired) electrons. The Bertz CT molecular complexity index is 1030. The quantitative estimate of drug-likeness (QED) is 0.407. The van der Waals surface area contributed by atoms with Crippen molar-refractivity contribution in [2.24, 2.45) is 0 Å². The van der Waals surface area contributed by atoms with Gasteiger partial charge in [-0.3, -0.25) is 14.8 Å². The molecular weight excluding hydrogens is 346 g/mol. The van der Waals surface area contributed by atoms with Crippen LogP contribution in [0.4, 0.5) is 17.2 Å². The van der Waals surface area contributed by atoms with Crippen LogP contribution >= 0.6 is 0 Å². The molecule has 0 aliphatic rings. The van der Waals surface area contributed by atoms with Gasteiger partial charge in [-0.05, 0) is 30.3 Å². The topological polar surface area (TPSA) is 133 Å². The van der Waals surface area contributed by atoms with E-state index >= 15 is 0 Å². The smallest absolute Gasteiger partial charge is 0.271 e. The van der Waals surface area contributed by atoms with Crippen LogP contribution < -0.4 is 10.5 Å². The minimum Gasteiger partial charge on any atom is -0.399 e. The zero-order valence-corrected chi connectivity index (χ0v) is 13.6. The van der Waals surface area contributed by atoms with Crippen molar-refractivity contribution in [3.63, 3.8) is 0 Å². The van der Waals surface area contributed by atoms with Gasteiger partial charge in [0.2, 0.25) is 0 Å². The number of rotatable bonds is 5. The largest absolute Gasteiger partial charge is 0.399 e. The summed E-state index contributed by atoms with van der Waals surface area (Å²) in [5, 5.41) is 14.9. The highest BCUT2D eigenvalue weighted by molar-refractivity contribution is 7.92. The molecule has 0 fully saturated rings. The van der Waals surface area contributed by atoms with E-state index < -0.39 is 14.9 Å². The highest BCUT2D eigenvalue weighted by atomic mass is 32.2. The summed E-state index contributed by atoms with van der Waals surface area (Å²) < 4.78 is 28.3. The lowest BCUT2D eigenvalue weighted by Crippen LogP contribution is -2.13. The number of anilines is 2. The molecule has 9 nitrogen and oxygen atoms in total. The molecule has 0 aliphatic carbocycles. The van der Waals surface area contributed by atoms with Crippen molar-refractivity contribution in [3.8, 4) is 5.69 Å². The SMILES string of the molecule is Nc1ccc(S(=O)(=O)Nc2ccn(-c3cccc([N+](=O)[O-])c3)n2)cc1. The number of nitrogens with one attached hydrogen (secondary N) is 1. The van der Waals surface area contributed by atoms with Crippen molar-refractivity contribution in [3.05, 3.63) is 70.9 Å². The summed E-state index contributed by atoms with van der Waals surface area (Å²) in [6, 6.07) is 13.0. The molecule has 3 aromatic rings. The summed E-state index contributed by atoms with van der Waals surface area (Å²) >= 11 is 0. The first-order valence-corrected chi connectivity index (χ1v) is 8.52. The van der Waals surface area contributed by atoms with E-state index in [1.165, 1.54) is 59.4 Å². The standard InChI is InChI=1S/C15H13N5O4S/c16-11-4-6-14(7-5-11)25(23,24)18-15-8-9-19(17-15)12-2-1-3-13(10-12)20(21)22/h1-10H,16H2,(H,17,18). The van der Waals surface area contributed by atoms with E-state index in [1.807, 2.05) is 0 Å². The maximum absolute atomic E-state index is 12.3. The van der Waals surface area contributed by atoms with Gasteiger partial charge in [0.05, 0.1) is 15.5 Å². The Morgan fingerprint density at radius 2 is 1.84 bits per heavy atom. The first kappa shape index (κ1) is 16.5. The van der Waals surface area contributed by atoms with Crippen LogP contribution in [0.1, 0.15) is 0 Å². The molecule has 0 saturated heterocycles. The van der Waals surface area contributed by atoms with Crippen molar-refractivity contribution >= 4 is 27.2 Å². The monoisotopic (exact) mass is 359 g/mol. The van der Waals surface area contributed by atoms with Crippen LogP contribution in [0.2, 0.25) is 0 Å². The van der Waals surface area contributed by atoms with E-state index in [0.29, 0.717) is 11.4 Å². The number of aromatic nitrogens is 2. The predicted molar refractivity (Wildman–Crippen MR) is 91.9 cm³/mol. The summed E-state index contributed by atoms with van der Waals surface area (Å²) in [5.74, 6) is 0.0864. The highest BCUT2D eigenvalue weighted by Crippen LogP contribution is 2.19. The normalized spacial score (nSPS) is 11.2.